The summed E-state index contributed by atoms with van der Waals surface area (Å²) < 4.78 is 0. The highest BCUT2D eigenvalue weighted by Gasteiger charge is 2.45. The lowest BCUT2D eigenvalue weighted by atomic mass is 10.1. The minimum Gasteiger partial charge on any atom is -0.337 e. The zero-order chi connectivity index (χ0) is 12.5. The van der Waals surface area contributed by atoms with Crippen LogP contribution >= 0.6 is 11.3 Å². The van der Waals surface area contributed by atoms with Crippen LogP contribution in [0.15, 0.2) is 17.5 Å². The van der Waals surface area contributed by atoms with Gasteiger partial charge >= 0.3 is 6.03 Å². The summed E-state index contributed by atoms with van der Waals surface area (Å²) in [6, 6.07) is 4.18. The Balaban J connectivity index is 1.85. The first-order valence-corrected chi connectivity index (χ1v) is 6.89. The summed E-state index contributed by atoms with van der Waals surface area (Å²) in [6.45, 7) is 6.70. The minimum absolute atomic E-state index is 0.0691. The molecule has 94 valence electrons. The molecule has 1 aromatic heterocycles. The van der Waals surface area contributed by atoms with E-state index in [0.717, 1.165) is 6.54 Å². The highest BCUT2D eigenvalue weighted by atomic mass is 32.1. The van der Waals surface area contributed by atoms with Crippen molar-refractivity contribution in [2.45, 2.75) is 44.6 Å². The lowest BCUT2D eigenvalue weighted by molar-refractivity contribution is 0.231. The standard InChI is InChI=1S/C13H20N2OS/c1-12(2,3)15-11(16)14-9-13(6-7-13)10-5-4-8-17-10/h4-5,8H,6-7,9H2,1-3H3,(H2,14,15,16). The van der Waals surface area contributed by atoms with Crippen LogP contribution in [0.2, 0.25) is 0 Å². The number of amides is 2. The van der Waals surface area contributed by atoms with Gasteiger partial charge in [0.2, 0.25) is 0 Å². The molecular formula is C13H20N2OS. The van der Waals surface area contributed by atoms with Crippen LogP contribution in [0.25, 0.3) is 0 Å². The van der Waals surface area contributed by atoms with Crippen LogP contribution in [-0.4, -0.2) is 18.1 Å². The van der Waals surface area contributed by atoms with Crippen LogP contribution in [0.5, 0.6) is 0 Å². The van der Waals surface area contributed by atoms with Gasteiger partial charge in [-0.05, 0) is 45.1 Å². The fourth-order valence-electron chi connectivity index (χ4n) is 1.88. The van der Waals surface area contributed by atoms with Crippen LogP contribution in [0.4, 0.5) is 4.79 Å². The summed E-state index contributed by atoms with van der Waals surface area (Å²) in [5, 5.41) is 8.01. The number of urea groups is 1. The zero-order valence-electron chi connectivity index (χ0n) is 10.7. The molecule has 0 unspecified atom stereocenters. The third-order valence-corrected chi connectivity index (χ3v) is 4.09. The monoisotopic (exact) mass is 252 g/mol. The molecule has 0 atom stereocenters. The van der Waals surface area contributed by atoms with Gasteiger partial charge in [0.25, 0.3) is 0 Å². The third-order valence-electron chi connectivity index (χ3n) is 2.97. The first-order chi connectivity index (χ1) is 7.91. The van der Waals surface area contributed by atoms with Crippen molar-refractivity contribution in [3.63, 3.8) is 0 Å². The second-order valence-corrected chi connectivity index (χ2v) is 6.76. The van der Waals surface area contributed by atoms with Gasteiger partial charge in [0.15, 0.2) is 0 Å². The summed E-state index contributed by atoms with van der Waals surface area (Å²) in [5.74, 6) is 0. The molecule has 1 saturated carbocycles. The zero-order valence-corrected chi connectivity index (χ0v) is 11.5. The minimum atomic E-state index is -0.177. The second-order valence-electron chi connectivity index (χ2n) is 5.82. The SMILES string of the molecule is CC(C)(C)NC(=O)NCC1(c2cccs2)CC1. The number of carbonyl (C=O) groups excluding carboxylic acids is 1. The van der Waals surface area contributed by atoms with Gasteiger partial charge in [0, 0.05) is 22.4 Å². The normalized spacial score (nSPS) is 17.6. The maximum absolute atomic E-state index is 11.7. The fourth-order valence-corrected chi connectivity index (χ4v) is 2.86. The molecule has 3 nitrogen and oxygen atoms in total. The van der Waals surface area contributed by atoms with Crippen molar-refractivity contribution < 1.29 is 4.79 Å². The summed E-state index contributed by atoms with van der Waals surface area (Å²) in [4.78, 5) is 13.1. The second kappa shape index (κ2) is 4.33. The molecule has 1 aliphatic rings. The molecule has 0 aromatic carbocycles. The predicted molar refractivity (Wildman–Crippen MR) is 71.5 cm³/mol. The van der Waals surface area contributed by atoms with Gasteiger partial charge in [0.05, 0.1) is 0 Å². The lowest BCUT2D eigenvalue weighted by Crippen LogP contribution is -2.48. The van der Waals surface area contributed by atoms with Crippen molar-refractivity contribution in [1.29, 1.82) is 0 Å². The molecule has 2 rings (SSSR count). The molecule has 0 aliphatic heterocycles. The molecule has 4 heteroatoms. The lowest BCUT2D eigenvalue weighted by Gasteiger charge is -2.22. The average molecular weight is 252 g/mol. The van der Waals surface area contributed by atoms with Gasteiger partial charge in [-0.3, -0.25) is 0 Å². The molecule has 1 aromatic rings. The van der Waals surface area contributed by atoms with Gasteiger partial charge in [-0.1, -0.05) is 6.07 Å². The number of hydrogen-bond donors (Lipinski definition) is 2. The van der Waals surface area contributed by atoms with E-state index in [1.54, 1.807) is 11.3 Å². The van der Waals surface area contributed by atoms with Gasteiger partial charge in [-0.15, -0.1) is 11.3 Å². The van der Waals surface area contributed by atoms with Crippen molar-refractivity contribution in [3.05, 3.63) is 22.4 Å². The van der Waals surface area contributed by atoms with Gasteiger partial charge in [-0.25, -0.2) is 4.79 Å². The van der Waals surface area contributed by atoms with E-state index in [9.17, 15) is 4.79 Å². The molecule has 1 aliphatic carbocycles. The highest BCUT2D eigenvalue weighted by Crippen LogP contribution is 2.49. The maximum Gasteiger partial charge on any atom is 0.315 e. The van der Waals surface area contributed by atoms with Crippen molar-refractivity contribution >= 4 is 17.4 Å². The van der Waals surface area contributed by atoms with E-state index in [2.05, 4.69) is 28.1 Å². The van der Waals surface area contributed by atoms with E-state index in [4.69, 9.17) is 0 Å². The first-order valence-electron chi connectivity index (χ1n) is 6.01. The first kappa shape index (κ1) is 12.4. The summed E-state index contributed by atoms with van der Waals surface area (Å²) >= 11 is 1.79. The van der Waals surface area contributed by atoms with E-state index < -0.39 is 0 Å². The third kappa shape index (κ3) is 3.22. The Morgan fingerprint density at radius 1 is 1.47 bits per heavy atom. The molecule has 2 amide bonds. The molecule has 1 fully saturated rings. The van der Waals surface area contributed by atoms with Crippen LogP contribution < -0.4 is 10.6 Å². The number of rotatable bonds is 3. The van der Waals surface area contributed by atoms with Crippen molar-refractivity contribution in [2.24, 2.45) is 0 Å². The Hall–Kier alpha value is -1.03. The molecule has 1 heterocycles. The molecule has 2 N–H and O–H groups in total. The van der Waals surface area contributed by atoms with Crippen LogP contribution in [0.1, 0.15) is 38.5 Å². The van der Waals surface area contributed by atoms with Crippen molar-refractivity contribution in [1.82, 2.24) is 10.6 Å². The van der Waals surface area contributed by atoms with Crippen molar-refractivity contribution in [3.8, 4) is 0 Å². The van der Waals surface area contributed by atoms with E-state index in [0.29, 0.717) is 0 Å². The number of nitrogens with one attached hydrogen (secondary N) is 2. The molecule has 0 saturated heterocycles. The van der Waals surface area contributed by atoms with E-state index in [1.165, 1.54) is 17.7 Å². The topological polar surface area (TPSA) is 41.1 Å². The fraction of sp³-hybridized carbons (Fsp3) is 0.615. The number of hydrogen-bond acceptors (Lipinski definition) is 2. The van der Waals surface area contributed by atoms with E-state index >= 15 is 0 Å². The summed E-state index contributed by atoms with van der Waals surface area (Å²) in [6.07, 6.45) is 2.37. The molecule has 17 heavy (non-hydrogen) atoms. The van der Waals surface area contributed by atoms with Crippen molar-refractivity contribution in [2.75, 3.05) is 6.54 Å². The predicted octanol–water partition coefficient (Wildman–Crippen LogP) is 2.88. The average Bonchev–Trinajstić information content (AvgIpc) is 2.78. The molecular weight excluding hydrogens is 232 g/mol. The largest absolute Gasteiger partial charge is 0.337 e. The number of thiophene rings is 1. The van der Waals surface area contributed by atoms with E-state index in [1.807, 2.05) is 20.8 Å². The van der Waals surface area contributed by atoms with Crippen LogP contribution in [-0.2, 0) is 5.41 Å². The Morgan fingerprint density at radius 2 is 2.18 bits per heavy atom. The Bertz CT molecular complexity index is 388. The summed E-state index contributed by atoms with van der Waals surface area (Å²) in [7, 11) is 0. The quantitative estimate of drug-likeness (QED) is 0.853. The van der Waals surface area contributed by atoms with Gasteiger partial charge < -0.3 is 10.6 Å². The smallest absolute Gasteiger partial charge is 0.315 e. The Labute approximate surface area is 107 Å². The van der Waals surface area contributed by atoms with Gasteiger partial charge in [0.1, 0.15) is 0 Å². The molecule has 0 radical (unpaired) electrons. The maximum atomic E-state index is 11.7. The summed E-state index contributed by atoms with van der Waals surface area (Å²) in [5.41, 5.74) is 0.0487. The van der Waals surface area contributed by atoms with E-state index in [-0.39, 0.29) is 17.0 Å². The van der Waals surface area contributed by atoms with Gasteiger partial charge in [-0.2, -0.15) is 0 Å². The molecule has 0 spiro atoms. The van der Waals surface area contributed by atoms with Crippen LogP contribution in [0.3, 0.4) is 0 Å². The Morgan fingerprint density at radius 3 is 2.65 bits per heavy atom. The van der Waals surface area contributed by atoms with Crippen LogP contribution in [0, 0.1) is 0 Å². The molecule has 0 bridgehead atoms. The Kier molecular flexibility index (Phi) is 3.17. The highest BCUT2D eigenvalue weighted by molar-refractivity contribution is 7.10. The number of carbonyl (C=O) groups is 1.